The minimum Gasteiger partial charge on any atom is -0.480 e. The van der Waals surface area contributed by atoms with Gasteiger partial charge in [0.15, 0.2) is 0 Å². The van der Waals surface area contributed by atoms with Gasteiger partial charge < -0.3 is 16.2 Å². The Kier molecular flexibility index (Phi) is 4.71. The summed E-state index contributed by atoms with van der Waals surface area (Å²) >= 11 is 1.85. The summed E-state index contributed by atoms with van der Waals surface area (Å²) in [6.07, 6.45) is 5.69. The summed E-state index contributed by atoms with van der Waals surface area (Å²) in [4.78, 5) is 10.5. The highest BCUT2D eigenvalue weighted by Crippen LogP contribution is 2.28. The molecule has 1 aliphatic rings. The Morgan fingerprint density at radius 1 is 1.71 bits per heavy atom. The maximum atomic E-state index is 10.5. The van der Waals surface area contributed by atoms with Crippen LogP contribution in [0.2, 0.25) is 0 Å². The first-order chi connectivity index (χ1) is 6.65. The minimum absolute atomic E-state index is 0.372. The molecule has 1 aliphatic carbocycles. The van der Waals surface area contributed by atoms with E-state index >= 15 is 0 Å². The van der Waals surface area contributed by atoms with Gasteiger partial charge in [0, 0.05) is 17.8 Å². The molecular weight excluding hydrogens is 200 g/mol. The van der Waals surface area contributed by atoms with E-state index in [1.807, 2.05) is 11.8 Å². The lowest BCUT2D eigenvalue weighted by Crippen LogP contribution is -2.45. The molecule has 0 aromatic carbocycles. The van der Waals surface area contributed by atoms with E-state index in [0.29, 0.717) is 17.8 Å². The van der Waals surface area contributed by atoms with Crippen LogP contribution in [0.3, 0.4) is 0 Å². The zero-order chi connectivity index (χ0) is 10.6. The SMILES string of the molecule is CSC1CCCC1NCC(N)C(=O)O. The van der Waals surface area contributed by atoms with Crippen molar-refractivity contribution in [1.29, 1.82) is 0 Å². The van der Waals surface area contributed by atoms with Crippen molar-refractivity contribution in [3.8, 4) is 0 Å². The number of nitrogens with two attached hydrogens (primary N) is 1. The van der Waals surface area contributed by atoms with Gasteiger partial charge in [-0.3, -0.25) is 4.79 Å². The van der Waals surface area contributed by atoms with E-state index in [0.717, 1.165) is 6.42 Å². The van der Waals surface area contributed by atoms with Crippen LogP contribution in [-0.2, 0) is 4.79 Å². The summed E-state index contributed by atoms with van der Waals surface area (Å²) in [7, 11) is 0. The van der Waals surface area contributed by atoms with E-state index < -0.39 is 12.0 Å². The first kappa shape index (κ1) is 11.8. The van der Waals surface area contributed by atoms with E-state index in [9.17, 15) is 4.79 Å². The second kappa shape index (κ2) is 5.58. The molecule has 0 bridgehead atoms. The van der Waals surface area contributed by atoms with Gasteiger partial charge in [0.25, 0.3) is 0 Å². The van der Waals surface area contributed by atoms with Crippen molar-refractivity contribution < 1.29 is 9.90 Å². The van der Waals surface area contributed by atoms with Crippen molar-refractivity contribution in [2.45, 2.75) is 36.6 Å². The maximum Gasteiger partial charge on any atom is 0.321 e. The summed E-state index contributed by atoms with van der Waals surface area (Å²) < 4.78 is 0. The Morgan fingerprint density at radius 2 is 2.43 bits per heavy atom. The highest BCUT2D eigenvalue weighted by atomic mass is 32.2. The van der Waals surface area contributed by atoms with Crippen molar-refractivity contribution in [3.05, 3.63) is 0 Å². The van der Waals surface area contributed by atoms with Crippen LogP contribution < -0.4 is 11.1 Å². The van der Waals surface area contributed by atoms with Gasteiger partial charge in [-0.15, -0.1) is 0 Å². The number of thioether (sulfide) groups is 1. The third-order valence-electron chi connectivity index (χ3n) is 2.67. The molecule has 3 unspecified atom stereocenters. The average molecular weight is 218 g/mol. The van der Waals surface area contributed by atoms with E-state index in [4.69, 9.17) is 10.8 Å². The molecule has 1 rings (SSSR count). The molecule has 4 N–H and O–H groups in total. The fraction of sp³-hybridized carbons (Fsp3) is 0.889. The second-order valence-corrected chi connectivity index (χ2v) is 4.74. The predicted molar refractivity (Wildman–Crippen MR) is 58.6 cm³/mol. The zero-order valence-electron chi connectivity index (χ0n) is 8.40. The van der Waals surface area contributed by atoms with Gasteiger partial charge in [-0.1, -0.05) is 6.42 Å². The molecule has 0 heterocycles. The zero-order valence-corrected chi connectivity index (χ0v) is 9.22. The molecule has 0 aromatic heterocycles. The van der Waals surface area contributed by atoms with Crippen LogP contribution in [-0.4, -0.2) is 41.2 Å². The van der Waals surface area contributed by atoms with Gasteiger partial charge >= 0.3 is 5.97 Å². The Morgan fingerprint density at radius 3 is 3.00 bits per heavy atom. The Hall–Kier alpha value is -0.260. The molecular formula is C9H18N2O2S. The molecule has 0 saturated heterocycles. The number of rotatable bonds is 5. The van der Waals surface area contributed by atoms with Gasteiger partial charge in [-0.05, 0) is 19.1 Å². The minimum atomic E-state index is -0.934. The normalized spacial score (nSPS) is 29.0. The van der Waals surface area contributed by atoms with E-state index in [-0.39, 0.29) is 0 Å². The number of carboxylic acids is 1. The standard InChI is InChI=1S/C9H18N2O2S/c1-14-8-4-2-3-7(8)11-5-6(10)9(12)13/h6-8,11H,2-5,10H2,1H3,(H,12,13). The number of aliphatic carboxylic acids is 1. The van der Waals surface area contributed by atoms with Crippen LogP contribution in [0.5, 0.6) is 0 Å². The average Bonchev–Trinajstić information content (AvgIpc) is 2.60. The van der Waals surface area contributed by atoms with E-state index in [2.05, 4.69) is 11.6 Å². The molecule has 1 fully saturated rings. The second-order valence-electron chi connectivity index (χ2n) is 3.66. The van der Waals surface area contributed by atoms with Crippen molar-refractivity contribution in [2.75, 3.05) is 12.8 Å². The Bertz CT molecular complexity index is 201. The largest absolute Gasteiger partial charge is 0.480 e. The third kappa shape index (κ3) is 3.15. The Labute approximate surface area is 88.6 Å². The van der Waals surface area contributed by atoms with Crippen LogP contribution in [0.4, 0.5) is 0 Å². The molecule has 5 heteroatoms. The highest BCUT2D eigenvalue weighted by Gasteiger charge is 2.26. The summed E-state index contributed by atoms with van der Waals surface area (Å²) in [5, 5.41) is 12.5. The number of hydrogen-bond donors (Lipinski definition) is 3. The maximum absolute atomic E-state index is 10.5. The molecule has 82 valence electrons. The summed E-state index contributed by atoms with van der Waals surface area (Å²) in [6.45, 7) is 0.372. The quantitative estimate of drug-likeness (QED) is 0.617. The van der Waals surface area contributed by atoms with Crippen LogP contribution >= 0.6 is 11.8 Å². The fourth-order valence-corrected chi connectivity index (χ4v) is 2.77. The monoisotopic (exact) mass is 218 g/mol. The summed E-state index contributed by atoms with van der Waals surface area (Å²) in [5.41, 5.74) is 5.41. The number of hydrogen-bond acceptors (Lipinski definition) is 4. The Balaban J connectivity index is 2.26. The lowest BCUT2D eigenvalue weighted by Gasteiger charge is -2.20. The van der Waals surface area contributed by atoms with Gasteiger partial charge in [-0.2, -0.15) is 11.8 Å². The topological polar surface area (TPSA) is 75.3 Å². The molecule has 0 aromatic rings. The van der Waals surface area contributed by atoms with E-state index in [1.165, 1.54) is 12.8 Å². The first-order valence-corrected chi connectivity index (χ1v) is 6.18. The number of nitrogens with one attached hydrogen (secondary N) is 1. The fourth-order valence-electron chi connectivity index (χ4n) is 1.81. The molecule has 14 heavy (non-hydrogen) atoms. The summed E-state index contributed by atoms with van der Waals surface area (Å²) in [6, 6.07) is -0.339. The molecule has 4 nitrogen and oxygen atoms in total. The van der Waals surface area contributed by atoms with Gasteiger partial charge in [-0.25, -0.2) is 0 Å². The van der Waals surface area contributed by atoms with Crippen LogP contribution in [0.15, 0.2) is 0 Å². The number of carbonyl (C=O) groups is 1. The molecule has 0 radical (unpaired) electrons. The molecule has 0 spiro atoms. The molecule has 1 saturated carbocycles. The predicted octanol–water partition coefficient (Wildman–Crippen LogP) is 0.272. The van der Waals surface area contributed by atoms with Crippen molar-refractivity contribution in [3.63, 3.8) is 0 Å². The van der Waals surface area contributed by atoms with Crippen LogP contribution in [0.25, 0.3) is 0 Å². The molecule has 0 amide bonds. The number of carboxylic acid groups (broad SMARTS) is 1. The van der Waals surface area contributed by atoms with Gasteiger partial charge in [0.1, 0.15) is 6.04 Å². The van der Waals surface area contributed by atoms with Gasteiger partial charge in [0.05, 0.1) is 0 Å². The third-order valence-corrected chi connectivity index (χ3v) is 3.84. The molecule has 0 aliphatic heterocycles. The first-order valence-electron chi connectivity index (χ1n) is 4.89. The van der Waals surface area contributed by atoms with Crippen molar-refractivity contribution >= 4 is 17.7 Å². The smallest absolute Gasteiger partial charge is 0.321 e. The lowest BCUT2D eigenvalue weighted by atomic mass is 10.2. The van der Waals surface area contributed by atoms with Crippen LogP contribution in [0, 0.1) is 0 Å². The van der Waals surface area contributed by atoms with Crippen molar-refractivity contribution in [2.24, 2.45) is 5.73 Å². The van der Waals surface area contributed by atoms with Gasteiger partial charge in [0.2, 0.25) is 0 Å². The van der Waals surface area contributed by atoms with Crippen molar-refractivity contribution in [1.82, 2.24) is 5.32 Å². The van der Waals surface area contributed by atoms with Crippen LogP contribution in [0.1, 0.15) is 19.3 Å². The van der Waals surface area contributed by atoms with E-state index in [1.54, 1.807) is 0 Å². The molecule has 3 atom stereocenters. The highest BCUT2D eigenvalue weighted by molar-refractivity contribution is 7.99. The summed E-state index contributed by atoms with van der Waals surface area (Å²) in [5.74, 6) is -0.934. The lowest BCUT2D eigenvalue weighted by molar-refractivity contribution is -0.138.